The topological polar surface area (TPSA) is 73.8 Å². The molecule has 6 heteroatoms. The van der Waals surface area contributed by atoms with Crippen LogP contribution in [0.2, 0.25) is 0 Å². The van der Waals surface area contributed by atoms with E-state index in [1.807, 2.05) is 18.2 Å². The molecule has 2 N–H and O–H groups in total. The number of aromatic nitrogens is 3. The first kappa shape index (κ1) is 14.1. The number of hydrogen-bond donors (Lipinski definition) is 1. The number of amides is 1. The van der Waals surface area contributed by atoms with Gasteiger partial charge in [-0.15, -0.1) is 10.2 Å². The molecule has 1 aromatic heterocycles. The minimum absolute atomic E-state index is 0.309. The van der Waals surface area contributed by atoms with Gasteiger partial charge in [0.05, 0.1) is 11.8 Å². The molecule has 1 aromatic carbocycles. The van der Waals surface area contributed by atoms with Crippen molar-refractivity contribution >= 4 is 17.7 Å². The molecule has 0 radical (unpaired) electrons. The lowest BCUT2D eigenvalue weighted by atomic mass is 10.2. The van der Waals surface area contributed by atoms with Crippen LogP contribution in [0, 0.1) is 0 Å². The average Bonchev–Trinajstić information content (AvgIpc) is 3.25. The lowest BCUT2D eigenvalue weighted by Crippen LogP contribution is -2.23. The molecule has 1 saturated carbocycles. The lowest BCUT2D eigenvalue weighted by molar-refractivity contribution is -0.117. The van der Waals surface area contributed by atoms with Gasteiger partial charge in [-0.25, -0.2) is 0 Å². The maximum atomic E-state index is 11.3. The van der Waals surface area contributed by atoms with E-state index in [-0.39, 0.29) is 11.2 Å². The van der Waals surface area contributed by atoms with E-state index in [1.54, 1.807) is 6.92 Å². The van der Waals surface area contributed by atoms with Gasteiger partial charge in [-0.3, -0.25) is 4.79 Å². The molecule has 0 saturated heterocycles. The zero-order chi connectivity index (χ0) is 14.8. The third-order valence-corrected chi connectivity index (χ3v) is 4.65. The Kier molecular flexibility index (Phi) is 3.96. The molecule has 0 spiro atoms. The van der Waals surface area contributed by atoms with Crippen LogP contribution in [0.1, 0.15) is 37.1 Å². The van der Waals surface area contributed by atoms with Gasteiger partial charge in [0.2, 0.25) is 5.91 Å². The highest BCUT2D eigenvalue weighted by Crippen LogP contribution is 2.40. The fourth-order valence-electron chi connectivity index (χ4n) is 2.16. The van der Waals surface area contributed by atoms with Crippen LogP contribution in [0.25, 0.3) is 0 Å². The molecule has 3 rings (SSSR count). The molecule has 1 aliphatic rings. The number of hydrogen-bond acceptors (Lipinski definition) is 4. The third kappa shape index (κ3) is 3.26. The van der Waals surface area contributed by atoms with Crippen molar-refractivity contribution in [3.05, 3.63) is 41.7 Å². The first-order valence-electron chi connectivity index (χ1n) is 7.08. The van der Waals surface area contributed by atoms with E-state index in [4.69, 9.17) is 5.73 Å². The molecule has 0 aliphatic heterocycles. The van der Waals surface area contributed by atoms with Crippen LogP contribution in [-0.4, -0.2) is 25.9 Å². The van der Waals surface area contributed by atoms with E-state index in [9.17, 15) is 4.79 Å². The van der Waals surface area contributed by atoms with Gasteiger partial charge in [-0.2, -0.15) is 0 Å². The minimum Gasteiger partial charge on any atom is -0.369 e. The second-order valence-electron chi connectivity index (χ2n) is 5.35. The predicted octanol–water partition coefficient (Wildman–Crippen LogP) is 2.17. The molecule has 2 aromatic rings. The van der Waals surface area contributed by atoms with E-state index in [0.29, 0.717) is 5.92 Å². The first-order valence-corrected chi connectivity index (χ1v) is 7.96. The van der Waals surface area contributed by atoms with Crippen molar-refractivity contribution in [2.45, 2.75) is 42.6 Å². The van der Waals surface area contributed by atoms with Gasteiger partial charge < -0.3 is 10.3 Å². The molecule has 0 bridgehead atoms. The summed E-state index contributed by atoms with van der Waals surface area (Å²) in [5.74, 6) is 1.21. The summed E-state index contributed by atoms with van der Waals surface area (Å²) in [6.07, 6.45) is 2.34. The molecular formula is C15H18N4OS. The first-order chi connectivity index (χ1) is 10.1. The Bertz CT molecular complexity index is 636. The van der Waals surface area contributed by atoms with Crippen LogP contribution < -0.4 is 5.73 Å². The van der Waals surface area contributed by atoms with Crippen molar-refractivity contribution < 1.29 is 4.79 Å². The van der Waals surface area contributed by atoms with Crippen molar-refractivity contribution in [3.63, 3.8) is 0 Å². The van der Waals surface area contributed by atoms with Crippen LogP contribution in [0.5, 0.6) is 0 Å². The van der Waals surface area contributed by atoms with E-state index < -0.39 is 0 Å². The van der Waals surface area contributed by atoms with Crippen LogP contribution in [0.15, 0.2) is 35.5 Å². The maximum Gasteiger partial charge on any atom is 0.230 e. The van der Waals surface area contributed by atoms with Crippen molar-refractivity contribution in [2.24, 2.45) is 5.73 Å². The number of rotatable bonds is 6. The average molecular weight is 302 g/mol. The Labute approximate surface area is 127 Å². The number of nitrogens with two attached hydrogens (primary N) is 1. The Morgan fingerprint density at radius 3 is 2.71 bits per heavy atom. The Hall–Kier alpha value is -1.82. The van der Waals surface area contributed by atoms with Gasteiger partial charge in [-0.05, 0) is 25.3 Å². The molecule has 5 nitrogen and oxygen atoms in total. The second kappa shape index (κ2) is 5.89. The van der Waals surface area contributed by atoms with Crippen LogP contribution in [0.3, 0.4) is 0 Å². The van der Waals surface area contributed by atoms with E-state index in [0.717, 1.165) is 17.5 Å². The summed E-state index contributed by atoms with van der Waals surface area (Å²) in [6, 6.07) is 10.2. The van der Waals surface area contributed by atoms with Gasteiger partial charge in [0.1, 0.15) is 5.82 Å². The molecule has 1 amide bonds. The van der Waals surface area contributed by atoms with Gasteiger partial charge in [0.15, 0.2) is 5.16 Å². The number of thioether (sulfide) groups is 1. The SMILES string of the molecule is CC(Sc1nnc(C2CC2)n1Cc1ccccc1)C(N)=O. The van der Waals surface area contributed by atoms with Crippen molar-refractivity contribution in [1.29, 1.82) is 0 Å². The number of primary amides is 1. The molecule has 21 heavy (non-hydrogen) atoms. The minimum atomic E-state index is -0.331. The van der Waals surface area contributed by atoms with Crippen molar-refractivity contribution in [3.8, 4) is 0 Å². The molecule has 1 aliphatic carbocycles. The summed E-state index contributed by atoms with van der Waals surface area (Å²) in [6.45, 7) is 2.53. The number of benzene rings is 1. The maximum absolute atomic E-state index is 11.3. The summed E-state index contributed by atoms with van der Waals surface area (Å²) < 4.78 is 2.12. The largest absolute Gasteiger partial charge is 0.369 e. The third-order valence-electron chi connectivity index (χ3n) is 3.55. The molecular weight excluding hydrogens is 284 g/mol. The summed E-state index contributed by atoms with van der Waals surface area (Å²) >= 11 is 1.38. The van der Waals surface area contributed by atoms with Crippen LogP contribution >= 0.6 is 11.8 Å². The summed E-state index contributed by atoms with van der Waals surface area (Å²) in [4.78, 5) is 11.3. The Morgan fingerprint density at radius 2 is 2.10 bits per heavy atom. The summed E-state index contributed by atoms with van der Waals surface area (Å²) in [5, 5.41) is 9.05. The van der Waals surface area contributed by atoms with E-state index in [1.165, 1.54) is 30.2 Å². The van der Waals surface area contributed by atoms with Gasteiger partial charge >= 0.3 is 0 Å². The highest BCUT2D eigenvalue weighted by atomic mass is 32.2. The summed E-state index contributed by atoms with van der Waals surface area (Å²) in [5.41, 5.74) is 6.55. The van der Waals surface area contributed by atoms with Crippen molar-refractivity contribution in [2.75, 3.05) is 0 Å². The van der Waals surface area contributed by atoms with E-state index >= 15 is 0 Å². The highest BCUT2D eigenvalue weighted by Gasteiger charge is 2.31. The molecule has 1 unspecified atom stereocenters. The fraction of sp³-hybridized carbons (Fsp3) is 0.400. The standard InChI is InChI=1S/C15H18N4OS/c1-10(13(16)20)21-15-18-17-14(12-7-8-12)19(15)9-11-5-3-2-4-6-11/h2-6,10,12H,7-9H2,1H3,(H2,16,20). The highest BCUT2D eigenvalue weighted by molar-refractivity contribution is 8.00. The normalized spacial score (nSPS) is 15.9. The fourth-order valence-corrected chi connectivity index (χ4v) is 2.97. The van der Waals surface area contributed by atoms with Crippen LogP contribution in [0.4, 0.5) is 0 Å². The van der Waals surface area contributed by atoms with E-state index in [2.05, 4.69) is 26.9 Å². The molecule has 1 heterocycles. The smallest absolute Gasteiger partial charge is 0.230 e. The number of carbonyl (C=O) groups is 1. The predicted molar refractivity (Wildman–Crippen MR) is 82.1 cm³/mol. The van der Waals surface area contributed by atoms with Crippen LogP contribution in [-0.2, 0) is 11.3 Å². The molecule has 110 valence electrons. The number of carbonyl (C=O) groups excluding carboxylic acids is 1. The monoisotopic (exact) mass is 302 g/mol. The zero-order valence-electron chi connectivity index (χ0n) is 11.9. The number of nitrogens with zero attached hydrogens (tertiary/aromatic N) is 3. The Balaban J connectivity index is 1.88. The zero-order valence-corrected chi connectivity index (χ0v) is 12.7. The lowest BCUT2D eigenvalue weighted by Gasteiger charge is -2.11. The molecule has 1 atom stereocenters. The summed E-state index contributed by atoms with van der Waals surface area (Å²) in [7, 11) is 0. The second-order valence-corrected chi connectivity index (χ2v) is 6.66. The van der Waals surface area contributed by atoms with Gasteiger partial charge in [-0.1, -0.05) is 42.1 Å². The molecule has 1 fully saturated rings. The van der Waals surface area contributed by atoms with Gasteiger partial charge in [0, 0.05) is 5.92 Å². The van der Waals surface area contributed by atoms with Gasteiger partial charge in [0.25, 0.3) is 0 Å². The Morgan fingerprint density at radius 1 is 1.38 bits per heavy atom. The quantitative estimate of drug-likeness (QED) is 0.830. The van der Waals surface area contributed by atoms with Crippen molar-refractivity contribution in [1.82, 2.24) is 14.8 Å².